The second kappa shape index (κ2) is 5.31. The Bertz CT molecular complexity index is 183. The van der Waals surface area contributed by atoms with E-state index in [1.165, 1.54) is 26.1 Å². The van der Waals surface area contributed by atoms with E-state index in [1.807, 2.05) is 0 Å². The third-order valence-electron chi connectivity index (χ3n) is 3.58. The average molecular weight is 212 g/mol. The van der Waals surface area contributed by atoms with E-state index in [4.69, 9.17) is 0 Å². The van der Waals surface area contributed by atoms with Crippen LogP contribution in [0.5, 0.6) is 0 Å². The average Bonchev–Trinajstić information content (AvgIpc) is 2.52. The van der Waals surface area contributed by atoms with Crippen molar-refractivity contribution in [3.05, 3.63) is 0 Å². The van der Waals surface area contributed by atoms with E-state index in [0.29, 0.717) is 11.5 Å². The summed E-state index contributed by atoms with van der Waals surface area (Å²) >= 11 is 0. The van der Waals surface area contributed by atoms with Crippen LogP contribution >= 0.6 is 0 Å². The fraction of sp³-hybridized carbons (Fsp3) is 1.00. The molecular formula is C13H28N2. The topological polar surface area (TPSA) is 15.3 Å². The van der Waals surface area contributed by atoms with E-state index >= 15 is 0 Å². The molecule has 1 rings (SSSR count). The SMILES string of the molecule is CCNC(C)CN1CCC(C(C)(C)C)C1. The summed E-state index contributed by atoms with van der Waals surface area (Å²) < 4.78 is 0. The molecule has 1 fully saturated rings. The molecule has 0 aromatic heterocycles. The molecule has 0 bridgehead atoms. The van der Waals surface area contributed by atoms with Gasteiger partial charge in [0, 0.05) is 19.1 Å². The maximum Gasteiger partial charge on any atom is 0.0166 e. The molecule has 2 unspecified atom stereocenters. The molecule has 1 N–H and O–H groups in total. The lowest BCUT2D eigenvalue weighted by atomic mass is 9.80. The normalized spacial score (nSPS) is 25.8. The fourth-order valence-electron chi connectivity index (χ4n) is 2.51. The second-order valence-corrected chi connectivity index (χ2v) is 6.07. The van der Waals surface area contributed by atoms with Crippen LogP contribution < -0.4 is 5.32 Å². The van der Waals surface area contributed by atoms with Gasteiger partial charge in [0.2, 0.25) is 0 Å². The molecule has 2 atom stereocenters. The molecule has 15 heavy (non-hydrogen) atoms. The van der Waals surface area contributed by atoms with Gasteiger partial charge in [0.05, 0.1) is 0 Å². The first-order valence-corrected chi connectivity index (χ1v) is 6.39. The quantitative estimate of drug-likeness (QED) is 0.769. The van der Waals surface area contributed by atoms with Crippen molar-refractivity contribution in [2.24, 2.45) is 11.3 Å². The summed E-state index contributed by atoms with van der Waals surface area (Å²) in [7, 11) is 0. The minimum absolute atomic E-state index is 0.482. The third kappa shape index (κ3) is 4.12. The lowest BCUT2D eigenvalue weighted by molar-refractivity contribution is 0.221. The molecule has 0 radical (unpaired) electrons. The number of nitrogens with one attached hydrogen (secondary N) is 1. The van der Waals surface area contributed by atoms with Crippen molar-refractivity contribution < 1.29 is 0 Å². The first-order chi connectivity index (χ1) is 6.93. The first kappa shape index (κ1) is 13.0. The second-order valence-electron chi connectivity index (χ2n) is 6.07. The van der Waals surface area contributed by atoms with Gasteiger partial charge >= 0.3 is 0 Å². The molecule has 0 aliphatic carbocycles. The van der Waals surface area contributed by atoms with E-state index in [2.05, 4.69) is 44.8 Å². The predicted molar refractivity (Wildman–Crippen MR) is 67.1 cm³/mol. The Morgan fingerprint density at radius 1 is 1.40 bits per heavy atom. The number of hydrogen-bond donors (Lipinski definition) is 1. The molecule has 90 valence electrons. The van der Waals surface area contributed by atoms with Crippen molar-refractivity contribution in [1.29, 1.82) is 0 Å². The van der Waals surface area contributed by atoms with E-state index in [-0.39, 0.29) is 0 Å². The number of hydrogen-bond acceptors (Lipinski definition) is 2. The van der Waals surface area contributed by atoms with Crippen LogP contribution in [0.25, 0.3) is 0 Å². The van der Waals surface area contributed by atoms with E-state index < -0.39 is 0 Å². The van der Waals surface area contributed by atoms with Gasteiger partial charge in [-0.05, 0) is 37.8 Å². The monoisotopic (exact) mass is 212 g/mol. The maximum absolute atomic E-state index is 3.48. The molecule has 0 aromatic carbocycles. The van der Waals surface area contributed by atoms with Crippen LogP contribution in [0.15, 0.2) is 0 Å². The number of nitrogens with zero attached hydrogens (tertiary/aromatic N) is 1. The highest BCUT2D eigenvalue weighted by atomic mass is 15.2. The molecular weight excluding hydrogens is 184 g/mol. The molecule has 1 heterocycles. The zero-order valence-electron chi connectivity index (χ0n) is 11.1. The van der Waals surface area contributed by atoms with Gasteiger partial charge in [-0.25, -0.2) is 0 Å². The Morgan fingerprint density at radius 2 is 2.07 bits per heavy atom. The molecule has 0 aromatic rings. The van der Waals surface area contributed by atoms with E-state index in [0.717, 1.165) is 12.5 Å². The van der Waals surface area contributed by atoms with Gasteiger partial charge in [0.25, 0.3) is 0 Å². The van der Waals surface area contributed by atoms with Gasteiger partial charge in [-0.2, -0.15) is 0 Å². The number of likely N-dealkylation sites (N-methyl/N-ethyl adjacent to an activating group) is 1. The molecule has 0 saturated carbocycles. The highest BCUT2D eigenvalue weighted by Crippen LogP contribution is 2.33. The van der Waals surface area contributed by atoms with Crippen LogP contribution in [0.3, 0.4) is 0 Å². The number of likely N-dealkylation sites (tertiary alicyclic amines) is 1. The highest BCUT2D eigenvalue weighted by Gasteiger charge is 2.31. The van der Waals surface area contributed by atoms with Gasteiger partial charge in [0.1, 0.15) is 0 Å². The van der Waals surface area contributed by atoms with Crippen LogP contribution in [0.2, 0.25) is 0 Å². The smallest absolute Gasteiger partial charge is 0.0166 e. The van der Waals surface area contributed by atoms with Crippen LogP contribution in [0.4, 0.5) is 0 Å². The van der Waals surface area contributed by atoms with Gasteiger partial charge in [-0.15, -0.1) is 0 Å². The Hall–Kier alpha value is -0.0800. The van der Waals surface area contributed by atoms with Gasteiger partial charge < -0.3 is 10.2 Å². The van der Waals surface area contributed by atoms with Crippen molar-refractivity contribution >= 4 is 0 Å². The summed E-state index contributed by atoms with van der Waals surface area (Å²) in [5, 5.41) is 3.48. The standard InChI is InChI=1S/C13H28N2/c1-6-14-11(2)9-15-8-7-12(10-15)13(3,4)5/h11-12,14H,6-10H2,1-5H3. The maximum atomic E-state index is 3.48. The van der Waals surface area contributed by atoms with Crippen molar-refractivity contribution in [1.82, 2.24) is 10.2 Å². The summed E-state index contributed by atoms with van der Waals surface area (Å²) in [6.07, 6.45) is 1.38. The molecule has 2 heteroatoms. The summed E-state index contributed by atoms with van der Waals surface area (Å²) in [4.78, 5) is 2.61. The molecule has 0 amide bonds. The zero-order chi connectivity index (χ0) is 11.5. The zero-order valence-corrected chi connectivity index (χ0v) is 11.1. The molecule has 1 saturated heterocycles. The largest absolute Gasteiger partial charge is 0.313 e. The molecule has 0 spiro atoms. The summed E-state index contributed by atoms with van der Waals surface area (Å²) in [6, 6.07) is 0.633. The van der Waals surface area contributed by atoms with Crippen molar-refractivity contribution in [2.45, 2.75) is 47.1 Å². The lowest BCUT2D eigenvalue weighted by Crippen LogP contribution is -2.38. The van der Waals surface area contributed by atoms with E-state index in [9.17, 15) is 0 Å². The minimum atomic E-state index is 0.482. The van der Waals surface area contributed by atoms with Gasteiger partial charge in [0.15, 0.2) is 0 Å². The van der Waals surface area contributed by atoms with Crippen LogP contribution in [-0.4, -0.2) is 37.1 Å². The Balaban J connectivity index is 2.30. The van der Waals surface area contributed by atoms with Crippen LogP contribution in [0, 0.1) is 11.3 Å². The fourth-order valence-corrected chi connectivity index (χ4v) is 2.51. The van der Waals surface area contributed by atoms with Crippen molar-refractivity contribution in [3.63, 3.8) is 0 Å². The minimum Gasteiger partial charge on any atom is -0.313 e. The van der Waals surface area contributed by atoms with E-state index in [1.54, 1.807) is 0 Å². The highest BCUT2D eigenvalue weighted by molar-refractivity contribution is 4.85. The molecule has 1 aliphatic heterocycles. The molecule has 2 nitrogen and oxygen atoms in total. The van der Waals surface area contributed by atoms with Gasteiger partial charge in [-0.3, -0.25) is 0 Å². The van der Waals surface area contributed by atoms with Crippen molar-refractivity contribution in [2.75, 3.05) is 26.2 Å². The first-order valence-electron chi connectivity index (χ1n) is 6.39. The van der Waals surface area contributed by atoms with Crippen LogP contribution in [0.1, 0.15) is 41.0 Å². The lowest BCUT2D eigenvalue weighted by Gasteiger charge is -2.28. The third-order valence-corrected chi connectivity index (χ3v) is 3.58. The predicted octanol–water partition coefficient (Wildman–Crippen LogP) is 2.35. The van der Waals surface area contributed by atoms with Gasteiger partial charge in [-0.1, -0.05) is 27.7 Å². The number of rotatable bonds is 4. The van der Waals surface area contributed by atoms with Crippen LogP contribution in [-0.2, 0) is 0 Å². The summed E-state index contributed by atoms with van der Waals surface area (Å²) in [5.41, 5.74) is 0.482. The summed E-state index contributed by atoms with van der Waals surface area (Å²) in [5.74, 6) is 0.881. The Morgan fingerprint density at radius 3 is 2.53 bits per heavy atom. The molecule has 1 aliphatic rings. The van der Waals surface area contributed by atoms with Crippen molar-refractivity contribution in [3.8, 4) is 0 Å². The summed E-state index contributed by atoms with van der Waals surface area (Å²) in [6.45, 7) is 16.4. The Labute approximate surface area is 95.4 Å². The Kier molecular flexibility index (Phi) is 4.60.